The Bertz CT molecular complexity index is 3690. The summed E-state index contributed by atoms with van der Waals surface area (Å²) in [4.78, 5) is 80.1. The molecule has 8 aromatic heterocycles. The number of hydrogen-bond acceptors (Lipinski definition) is 20. The molecule has 3 fully saturated rings. The van der Waals surface area contributed by atoms with Crippen LogP contribution in [0.4, 0.5) is 11.6 Å². The number of Topliss-reactive ketones (excluding diaryl/α,β-unsaturated/α-hetero) is 2. The fourth-order valence-corrected chi connectivity index (χ4v) is 12.6. The average molecular weight is 1300 g/mol. The van der Waals surface area contributed by atoms with Gasteiger partial charge in [-0.15, -0.1) is 0 Å². The van der Waals surface area contributed by atoms with Gasteiger partial charge in [0.15, 0.2) is 22.9 Å². The topological polar surface area (TPSA) is 236 Å². The van der Waals surface area contributed by atoms with E-state index in [2.05, 4.69) is 102 Å². The van der Waals surface area contributed by atoms with Crippen LogP contribution in [-0.4, -0.2) is 177 Å². The number of ketones is 2. The second-order valence-electron chi connectivity index (χ2n) is 23.1. The van der Waals surface area contributed by atoms with Gasteiger partial charge in [0.25, 0.3) is 0 Å². The van der Waals surface area contributed by atoms with E-state index >= 15 is 0 Å². The zero-order chi connectivity index (χ0) is 63.0. The van der Waals surface area contributed by atoms with Crippen LogP contribution in [0.3, 0.4) is 0 Å². The Morgan fingerprint density at radius 2 is 1.11 bits per heavy atom. The zero-order valence-electron chi connectivity index (χ0n) is 52.4. The summed E-state index contributed by atoms with van der Waals surface area (Å²) in [6.07, 6.45) is 14.9. The van der Waals surface area contributed by atoms with Crippen molar-refractivity contribution in [3.63, 3.8) is 0 Å². The number of carbonyl (C=O) groups excluding carboxylic acids is 4. The smallest absolute Gasteiger partial charge is 0.399 e. The van der Waals surface area contributed by atoms with E-state index in [1.807, 2.05) is 92.4 Å². The Balaban J connectivity index is 0.000000164. The summed E-state index contributed by atoms with van der Waals surface area (Å²) >= 11 is 6.20. The van der Waals surface area contributed by atoms with Gasteiger partial charge in [0.1, 0.15) is 28.3 Å². The van der Waals surface area contributed by atoms with E-state index in [-0.39, 0.29) is 46.7 Å². The third-order valence-electron chi connectivity index (χ3n) is 17.3. The minimum absolute atomic E-state index is 0.0149. The highest BCUT2D eigenvalue weighted by atomic mass is 79.9. The number of anilines is 2. The van der Waals surface area contributed by atoms with E-state index in [1.54, 1.807) is 54.0 Å². The number of nitrogens with one attached hydrogen (secondary N) is 2. The van der Waals surface area contributed by atoms with Gasteiger partial charge in [0.05, 0.1) is 56.0 Å². The summed E-state index contributed by atoms with van der Waals surface area (Å²) in [6, 6.07) is 15.1. The first-order chi connectivity index (χ1) is 42.2. The summed E-state index contributed by atoms with van der Waals surface area (Å²) in [5.74, 6) is 1.40. The van der Waals surface area contributed by atoms with E-state index < -0.39 is 7.12 Å². The SMILES string of the molecule is CC1(C)OB(c2cnn3ccc(-c4ccns4)nc23)OC1(C)C.CCN(CC)[C@@H](C)CCC(=O)c1cc(-c2cnn3ccc(-c4ccns4)nc23)nc(N2CC[C@H]2C(=O)NC)c1.CCN(CC)[C@@H](C)CCC(=O)c1cc(Br)nc(N2CC[C@H]2C(=O)NC)c1. The molecule has 0 radical (unpaired) electrons. The van der Waals surface area contributed by atoms with E-state index in [0.29, 0.717) is 70.2 Å². The lowest BCUT2D eigenvalue weighted by atomic mass is 9.81. The molecule has 11 rings (SSSR count). The van der Waals surface area contributed by atoms with Crippen LogP contribution >= 0.6 is 39.0 Å². The molecule has 2 N–H and O–H groups in total. The van der Waals surface area contributed by atoms with E-state index in [9.17, 15) is 19.2 Å². The lowest BCUT2D eigenvalue weighted by Crippen LogP contribution is -2.56. The Labute approximate surface area is 531 Å². The molecule has 8 aromatic rings. The molecule has 0 bridgehead atoms. The minimum atomic E-state index is -0.471. The molecule has 0 saturated carbocycles. The number of pyridine rings is 2. The number of fused-ring (bicyclic) bond motifs is 2. The summed E-state index contributed by atoms with van der Waals surface area (Å²) in [5.41, 5.74) is 5.70. The van der Waals surface area contributed by atoms with Crippen LogP contribution in [0.5, 0.6) is 0 Å². The monoisotopic (exact) mass is 1300 g/mol. The highest BCUT2D eigenvalue weighted by molar-refractivity contribution is 9.10. The standard InChI is InChI=1S/C28H34N8O2S.C19H29BrN4O2.C15H17BN4O2S/c1-5-34(6-2)18(3)7-8-24(37)19-15-22(32-26(16-19)35-13-11-23(35)28(38)29-4)20-17-30-36-14-10-21(33-27(20)36)25-9-12-31-39-25;1-5-23(6-2)13(3)7-8-16(25)14-11-17(20)22-18(12-14)24-10-9-15(24)19(26)21-4;1-14(2)15(3,4)22-16(21-14)10-9-17-20-8-6-11(19-13(10)20)12-5-7-18-23-12/h9-10,12,14-18,23H,5-8,11,13H2,1-4H3,(H,29,38);11-13,15H,5-10H2,1-4H3,(H,21,26);5-9H,1-4H3/t18-,23-;13-,15-;/m00./s1. The molecule has 4 atom stereocenters. The maximum absolute atomic E-state index is 13.5. The molecule has 0 unspecified atom stereocenters. The lowest BCUT2D eigenvalue weighted by molar-refractivity contribution is -0.123. The Kier molecular flexibility index (Phi) is 21.4. The molecular weight excluding hydrogens is 1220 g/mol. The molecule has 88 heavy (non-hydrogen) atoms. The number of halogens is 1. The van der Waals surface area contributed by atoms with Crippen LogP contribution < -0.4 is 25.9 Å². The van der Waals surface area contributed by atoms with Crippen molar-refractivity contribution in [2.45, 2.75) is 143 Å². The number of carbonyl (C=O) groups is 4. The highest BCUT2D eigenvalue weighted by Gasteiger charge is 2.53. The van der Waals surface area contributed by atoms with Crippen molar-refractivity contribution in [1.82, 2.24) is 68.3 Å². The van der Waals surface area contributed by atoms with Crippen LogP contribution in [0.1, 0.15) is 128 Å². The molecule has 11 heterocycles. The number of aromatic nitrogens is 10. The van der Waals surface area contributed by atoms with E-state index in [4.69, 9.17) is 24.3 Å². The molecule has 0 aromatic carbocycles. The second-order valence-corrected chi connectivity index (χ2v) is 25.6. The van der Waals surface area contributed by atoms with Gasteiger partial charge in [0.2, 0.25) is 11.8 Å². The van der Waals surface area contributed by atoms with Crippen molar-refractivity contribution < 1.29 is 28.5 Å². The van der Waals surface area contributed by atoms with Crippen molar-refractivity contribution >= 4 is 97.9 Å². The third kappa shape index (κ3) is 14.5. The Morgan fingerprint density at radius 3 is 1.57 bits per heavy atom. The summed E-state index contributed by atoms with van der Waals surface area (Å²) in [7, 11) is 2.81. The van der Waals surface area contributed by atoms with Gasteiger partial charge >= 0.3 is 7.12 Å². The van der Waals surface area contributed by atoms with Crippen molar-refractivity contribution in [1.29, 1.82) is 0 Å². The molecule has 3 aliphatic rings. The quantitative estimate of drug-likeness (QED) is 0.0366. The second kappa shape index (κ2) is 28.7. The van der Waals surface area contributed by atoms with Gasteiger partial charge < -0.3 is 39.5 Å². The molecule has 3 saturated heterocycles. The first kappa shape index (κ1) is 65.5. The minimum Gasteiger partial charge on any atom is -0.399 e. The van der Waals surface area contributed by atoms with Crippen LogP contribution in [0.15, 0.2) is 90.3 Å². The Morgan fingerprint density at radius 1 is 0.648 bits per heavy atom. The van der Waals surface area contributed by atoms with Crippen LogP contribution in [0.2, 0.25) is 0 Å². The van der Waals surface area contributed by atoms with Gasteiger partial charge in [-0.1, -0.05) is 27.7 Å². The predicted octanol–water partition coefficient (Wildman–Crippen LogP) is 8.95. The average Bonchev–Trinajstić information content (AvgIpc) is 1.78. The van der Waals surface area contributed by atoms with Crippen LogP contribution in [0, 0.1) is 0 Å². The lowest BCUT2D eigenvalue weighted by Gasteiger charge is -2.40. The summed E-state index contributed by atoms with van der Waals surface area (Å²) in [5, 5.41) is 14.3. The zero-order valence-corrected chi connectivity index (χ0v) is 55.6. The predicted molar refractivity (Wildman–Crippen MR) is 351 cm³/mol. The van der Waals surface area contributed by atoms with Gasteiger partial charge in [-0.3, -0.25) is 19.2 Å². The molecule has 2 amide bonds. The fourth-order valence-electron chi connectivity index (χ4n) is 11.0. The van der Waals surface area contributed by atoms with Crippen molar-refractivity contribution in [2.24, 2.45) is 0 Å². The van der Waals surface area contributed by atoms with Gasteiger partial charge in [0, 0.05) is 93.5 Å². The number of likely N-dealkylation sites (N-methyl/N-ethyl adjacent to an activating group) is 2. The van der Waals surface area contributed by atoms with E-state index in [1.165, 1.54) is 23.1 Å². The highest BCUT2D eigenvalue weighted by Crippen LogP contribution is 2.38. The molecule has 0 aliphatic carbocycles. The molecule has 3 aliphatic heterocycles. The van der Waals surface area contributed by atoms with Crippen molar-refractivity contribution in [2.75, 3.05) is 63.2 Å². The maximum atomic E-state index is 13.5. The van der Waals surface area contributed by atoms with Crippen LogP contribution in [0.25, 0.3) is 43.7 Å². The largest absolute Gasteiger partial charge is 0.500 e. The van der Waals surface area contributed by atoms with Gasteiger partial charge in [-0.2, -0.15) is 10.2 Å². The van der Waals surface area contributed by atoms with Crippen LogP contribution in [-0.2, 0) is 18.9 Å². The molecular formula is C62H80BBrN16O6S2. The first-order valence-corrected chi connectivity index (χ1v) is 32.6. The van der Waals surface area contributed by atoms with Gasteiger partial charge in [-0.25, -0.2) is 37.7 Å². The normalized spacial score (nSPS) is 17.4. The summed E-state index contributed by atoms with van der Waals surface area (Å²) < 4.78 is 24.6. The van der Waals surface area contributed by atoms with Gasteiger partial charge in [-0.05, 0) is 181 Å². The molecule has 22 nitrogen and oxygen atoms in total. The fraction of sp³-hybridized carbons (Fsp3) is 0.484. The summed E-state index contributed by atoms with van der Waals surface area (Å²) in [6.45, 7) is 26.4. The number of hydrogen-bond donors (Lipinski definition) is 2. The maximum Gasteiger partial charge on any atom is 0.500 e. The van der Waals surface area contributed by atoms with Crippen molar-refractivity contribution in [3.05, 3.63) is 101 Å². The number of nitrogens with zero attached hydrogens (tertiary/aromatic N) is 14. The molecule has 26 heteroatoms. The molecule has 0 spiro atoms. The third-order valence-corrected chi connectivity index (χ3v) is 19.3. The van der Waals surface area contributed by atoms with Crippen molar-refractivity contribution in [3.8, 4) is 32.4 Å². The number of rotatable bonds is 22. The molecule has 466 valence electrons. The Hall–Kier alpha value is -6.94. The first-order valence-electron chi connectivity index (χ1n) is 30.3. The van der Waals surface area contributed by atoms with E-state index in [0.717, 1.165) is 96.2 Å². The number of amides is 2.